The number of hydrogen-bond acceptors (Lipinski definition) is 2. The Labute approximate surface area is 128 Å². The maximum absolute atomic E-state index is 12.4. The summed E-state index contributed by atoms with van der Waals surface area (Å²) in [5.74, 6) is 2.70. The molecule has 1 N–H and O–H groups in total. The van der Waals surface area contributed by atoms with Crippen LogP contribution in [-0.4, -0.2) is 19.1 Å². The molecule has 1 aromatic rings. The van der Waals surface area contributed by atoms with Crippen molar-refractivity contribution in [2.75, 3.05) is 7.11 Å². The van der Waals surface area contributed by atoms with E-state index >= 15 is 0 Å². The molecular formula is C18H27NO2. The maximum atomic E-state index is 12.4. The fourth-order valence-corrected chi connectivity index (χ4v) is 3.36. The van der Waals surface area contributed by atoms with E-state index in [0.717, 1.165) is 12.2 Å². The summed E-state index contributed by atoms with van der Waals surface area (Å²) in [7, 11) is 1.63. The van der Waals surface area contributed by atoms with Crippen LogP contribution in [0.5, 0.6) is 5.75 Å². The molecule has 3 nitrogen and oxygen atoms in total. The smallest absolute Gasteiger partial charge is 0.251 e. The number of ether oxygens (including phenoxy) is 1. The van der Waals surface area contributed by atoms with Crippen LogP contribution in [0.2, 0.25) is 0 Å². The van der Waals surface area contributed by atoms with Crippen LogP contribution in [0, 0.1) is 17.8 Å². The lowest BCUT2D eigenvalue weighted by Gasteiger charge is -2.37. The van der Waals surface area contributed by atoms with Crippen LogP contribution in [-0.2, 0) is 0 Å². The summed E-state index contributed by atoms with van der Waals surface area (Å²) in [5.41, 5.74) is 0.705. The summed E-state index contributed by atoms with van der Waals surface area (Å²) in [4.78, 5) is 12.4. The molecule has 3 atom stereocenters. The minimum absolute atomic E-state index is 0.0300. The predicted octanol–water partition coefficient (Wildman–Crippen LogP) is 3.89. The van der Waals surface area contributed by atoms with Crippen molar-refractivity contribution >= 4 is 5.91 Å². The average molecular weight is 289 g/mol. The predicted molar refractivity (Wildman–Crippen MR) is 85.6 cm³/mol. The molecule has 0 aliphatic heterocycles. The molecule has 3 heteroatoms. The zero-order valence-electron chi connectivity index (χ0n) is 13.6. The fourth-order valence-electron chi connectivity index (χ4n) is 3.36. The lowest BCUT2D eigenvalue weighted by atomic mass is 9.74. The van der Waals surface area contributed by atoms with Crippen molar-refractivity contribution in [2.24, 2.45) is 17.8 Å². The molecule has 1 aliphatic rings. The van der Waals surface area contributed by atoms with E-state index in [-0.39, 0.29) is 5.91 Å². The Balaban J connectivity index is 2.04. The van der Waals surface area contributed by atoms with Crippen LogP contribution in [0.25, 0.3) is 0 Å². The lowest BCUT2D eigenvalue weighted by Crippen LogP contribution is -2.45. The summed E-state index contributed by atoms with van der Waals surface area (Å²) in [5, 5.41) is 3.25. The van der Waals surface area contributed by atoms with Gasteiger partial charge in [0.1, 0.15) is 5.75 Å². The van der Waals surface area contributed by atoms with Gasteiger partial charge >= 0.3 is 0 Å². The van der Waals surface area contributed by atoms with E-state index in [2.05, 4.69) is 26.1 Å². The summed E-state index contributed by atoms with van der Waals surface area (Å²) >= 11 is 0. The first-order valence-corrected chi connectivity index (χ1v) is 7.96. The Kier molecular flexibility index (Phi) is 5.27. The minimum Gasteiger partial charge on any atom is -0.497 e. The van der Waals surface area contributed by atoms with E-state index in [1.165, 1.54) is 12.8 Å². The van der Waals surface area contributed by atoms with Crippen molar-refractivity contribution in [3.8, 4) is 5.75 Å². The summed E-state index contributed by atoms with van der Waals surface area (Å²) < 4.78 is 5.13. The van der Waals surface area contributed by atoms with Crippen LogP contribution in [0.1, 0.15) is 50.4 Å². The second kappa shape index (κ2) is 6.97. The second-order valence-electron chi connectivity index (χ2n) is 6.63. The van der Waals surface area contributed by atoms with Gasteiger partial charge in [-0.3, -0.25) is 4.79 Å². The highest BCUT2D eigenvalue weighted by molar-refractivity contribution is 5.94. The largest absolute Gasteiger partial charge is 0.497 e. The lowest BCUT2D eigenvalue weighted by molar-refractivity contribution is 0.0868. The van der Waals surface area contributed by atoms with Gasteiger partial charge in [-0.2, -0.15) is 0 Å². The van der Waals surface area contributed by atoms with Crippen LogP contribution < -0.4 is 10.1 Å². The highest BCUT2D eigenvalue weighted by Crippen LogP contribution is 2.33. The maximum Gasteiger partial charge on any atom is 0.251 e. The normalized spacial score (nSPS) is 25.7. The quantitative estimate of drug-likeness (QED) is 0.913. The van der Waals surface area contributed by atoms with Gasteiger partial charge in [-0.25, -0.2) is 0 Å². The third-order valence-electron chi connectivity index (χ3n) is 4.69. The number of hydrogen-bond donors (Lipinski definition) is 1. The molecule has 0 saturated heterocycles. The summed E-state index contributed by atoms with van der Waals surface area (Å²) in [6, 6.07) is 7.61. The Bertz CT molecular complexity index is 467. The molecule has 1 amide bonds. The van der Waals surface area contributed by atoms with Gasteiger partial charge in [-0.05, 0) is 54.9 Å². The average Bonchev–Trinajstić information content (AvgIpc) is 2.47. The van der Waals surface area contributed by atoms with Crippen molar-refractivity contribution in [1.29, 1.82) is 0 Å². The number of benzene rings is 1. The van der Waals surface area contributed by atoms with Crippen LogP contribution >= 0.6 is 0 Å². The molecule has 1 aromatic carbocycles. The fraction of sp³-hybridized carbons (Fsp3) is 0.611. The highest BCUT2D eigenvalue weighted by Gasteiger charge is 2.31. The van der Waals surface area contributed by atoms with Crippen molar-refractivity contribution in [3.63, 3.8) is 0 Å². The highest BCUT2D eigenvalue weighted by atomic mass is 16.5. The monoisotopic (exact) mass is 289 g/mol. The van der Waals surface area contributed by atoms with Gasteiger partial charge in [-0.15, -0.1) is 0 Å². The second-order valence-corrected chi connectivity index (χ2v) is 6.63. The molecule has 1 aliphatic carbocycles. The molecular weight excluding hydrogens is 262 g/mol. The van der Waals surface area contributed by atoms with Crippen LogP contribution in [0.3, 0.4) is 0 Å². The SMILES string of the molecule is COc1ccc(C(=O)NC2CC(C)CCC2C(C)C)cc1. The molecule has 2 rings (SSSR count). The third kappa shape index (κ3) is 3.99. The van der Waals surface area contributed by atoms with Crippen molar-refractivity contribution in [3.05, 3.63) is 29.8 Å². The number of amides is 1. The summed E-state index contributed by atoms with van der Waals surface area (Å²) in [6.45, 7) is 6.80. The Morgan fingerprint density at radius 2 is 1.90 bits per heavy atom. The van der Waals surface area contributed by atoms with E-state index in [1.54, 1.807) is 7.11 Å². The zero-order chi connectivity index (χ0) is 15.4. The van der Waals surface area contributed by atoms with Crippen molar-refractivity contribution in [1.82, 2.24) is 5.32 Å². The molecule has 0 radical (unpaired) electrons. The first-order valence-electron chi connectivity index (χ1n) is 7.96. The van der Waals surface area contributed by atoms with Crippen LogP contribution in [0.15, 0.2) is 24.3 Å². The van der Waals surface area contributed by atoms with E-state index < -0.39 is 0 Å². The Morgan fingerprint density at radius 3 is 2.48 bits per heavy atom. The van der Waals surface area contributed by atoms with Gasteiger partial charge in [0.25, 0.3) is 5.91 Å². The van der Waals surface area contributed by atoms with Crippen LogP contribution in [0.4, 0.5) is 0 Å². The molecule has 3 unspecified atom stereocenters. The molecule has 0 heterocycles. The Morgan fingerprint density at radius 1 is 1.24 bits per heavy atom. The van der Waals surface area contributed by atoms with Crippen molar-refractivity contribution in [2.45, 2.75) is 46.1 Å². The molecule has 0 aromatic heterocycles. The van der Waals surface area contributed by atoms with E-state index in [9.17, 15) is 4.79 Å². The number of methoxy groups -OCH3 is 1. The third-order valence-corrected chi connectivity index (χ3v) is 4.69. The van der Waals surface area contributed by atoms with E-state index in [1.807, 2.05) is 24.3 Å². The molecule has 1 saturated carbocycles. The molecule has 0 bridgehead atoms. The van der Waals surface area contributed by atoms with Gasteiger partial charge in [0.05, 0.1) is 7.11 Å². The number of carbonyl (C=O) groups is 1. The Hall–Kier alpha value is -1.51. The van der Waals surface area contributed by atoms with E-state index in [0.29, 0.717) is 29.4 Å². The van der Waals surface area contributed by atoms with E-state index in [4.69, 9.17) is 4.74 Å². The zero-order valence-corrected chi connectivity index (χ0v) is 13.6. The van der Waals surface area contributed by atoms with Gasteiger partial charge in [0.15, 0.2) is 0 Å². The number of carbonyl (C=O) groups excluding carboxylic acids is 1. The number of nitrogens with one attached hydrogen (secondary N) is 1. The minimum atomic E-state index is 0.0300. The molecule has 21 heavy (non-hydrogen) atoms. The first kappa shape index (κ1) is 15.9. The van der Waals surface area contributed by atoms with Gasteiger partial charge in [0, 0.05) is 11.6 Å². The standard InChI is InChI=1S/C18H27NO2/c1-12(2)16-10-5-13(3)11-17(16)19-18(20)14-6-8-15(21-4)9-7-14/h6-9,12-13,16-17H,5,10-11H2,1-4H3,(H,19,20). The topological polar surface area (TPSA) is 38.3 Å². The number of rotatable bonds is 4. The molecule has 1 fully saturated rings. The first-order chi connectivity index (χ1) is 10.0. The van der Waals surface area contributed by atoms with Crippen molar-refractivity contribution < 1.29 is 9.53 Å². The van der Waals surface area contributed by atoms with Gasteiger partial charge < -0.3 is 10.1 Å². The molecule has 116 valence electrons. The van der Waals surface area contributed by atoms with Gasteiger partial charge in [-0.1, -0.05) is 27.2 Å². The van der Waals surface area contributed by atoms with Gasteiger partial charge in [0.2, 0.25) is 0 Å². The molecule has 0 spiro atoms. The summed E-state index contributed by atoms with van der Waals surface area (Å²) in [6.07, 6.45) is 3.58.